The first kappa shape index (κ1) is 19.3. The van der Waals surface area contributed by atoms with Crippen LogP contribution >= 0.6 is 0 Å². The zero-order valence-electron chi connectivity index (χ0n) is 16.8. The average Bonchev–Trinajstić information content (AvgIpc) is 2.83. The molecule has 1 unspecified atom stereocenters. The largest absolute Gasteiger partial charge is 0.363 e. The molecule has 2 aromatic rings. The molecule has 0 fully saturated rings. The van der Waals surface area contributed by atoms with Crippen LogP contribution in [-0.4, -0.2) is 16.9 Å². The summed E-state index contributed by atoms with van der Waals surface area (Å²) in [6, 6.07) is 9.03. The molecule has 27 heavy (non-hydrogen) atoms. The van der Waals surface area contributed by atoms with E-state index in [1.54, 1.807) is 0 Å². The topological polar surface area (TPSA) is 45.2 Å². The molecule has 0 radical (unpaired) electrons. The van der Waals surface area contributed by atoms with Crippen molar-refractivity contribution in [2.24, 2.45) is 5.41 Å². The van der Waals surface area contributed by atoms with Gasteiger partial charge in [0.1, 0.15) is 11.6 Å². The molecule has 1 atom stereocenters. The summed E-state index contributed by atoms with van der Waals surface area (Å²) in [6.45, 7) is 11.0. The Morgan fingerprint density at radius 3 is 2.59 bits per heavy atom. The lowest BCUT2D eigenvalue weighted by Gasteiger charge is -2.25. The van der Waals surface area contributed by atoms with E-state index in [2.05, 4.69) is 23.2 Å². The minimum Gasteiger partial charge on any atom is -0.363 e. The number of benzene rings is 1. The maximum atomic E-state index is 13.2. The van der Waals surface area contributed by atoms with Gasteiger partial charge in [0.15, 0.2) is 0 Å². The smallest absolute Gasteiger partial charge is 0.226 e. The van der Waals surface area contributed by atoms with Crippen LogP contribution in [0.5, 0.6) is 0 Å². The Balaban J connectivity index is 1.80. The molecular weight excluding hydrogens is 341 g/mol. The van der Waals surface area contributed by atoms with E-state index in [1.807, 2.05) is 39.8 Å². The molecule has 0 bridgehead atoms. The van der Waals surface area contributed by atoms with Crippen molar-refractivity contribution in [2.45, 2.75) is 60.0 Å². The fraction of sp³-hybridized carbons (Fsp3) is 0.455. The summed E-state index contributed by atoms with van der Waals surface area (Å²) in [5, 5.41) is 2.97. The summed E-state index contributed by atoms with van der Waals surface area (Å²) in [5.41, 5.74) is 4.06. The number of aromatic nitrogens is 1. The molecule has 0 saturated heterocycles. The molecule has 1 aliphatic heterocycles. The lowest BCUT2D eigenvalue weighted by molar-refractivity contribution is -0.117. The number of pyridine rings is 1. The van der Waals surface area contributed by atoms with Crippen LogP contribution in [0.25, 0.3) is 0 Å². The number of aryl methyl sites for hydroxylation is 1. The van der Waals surface area contributed by atoms with Crippen molar-refractivity contribution >= 4 is 17.4 Å². The number of halogens is 1. The molecule has 0 saturated carbocycles. The third kappa shape index (κ3) is 4.65. The summed E-state index contributed by atoms with van der Waals surface area (Å²) >= 11 is 0. The van der Waals surface area contributed by atoms with Gasteiger partial charge in [0, 0.05) is 25.4 Å². The number of nitrogens with one attached hydrogen (secondary N) is 1. The number of rotatable bonds is 4. The highest BCUT2D eigenvalue weighted by Gasteiger charge is 2.28. The van der Waals surface area contributed by atoms with E-state index >= 15 is 0 Å². The number of hydrogen-bond acceptors (Lipinski definition) is 3. The SMILES string of the molecule is Cc1cc2c(nc1NC(=O)CC(C)(C)C)CC(C)N2Cc1ccc(F)cc1. The van der Waals surface area contributed by atoms with E-state index in [1.165, 1.54) is 12.1 Å². The number of carbonyl (C=O) groups excluding carboxylic acids is 1. The Morgan fingerprint density at radius 2 is 1.96 bits per heavy atom. The Morgan fingerprint density at radius 1 is 1.30 bits per heavy atom. The second-order valence-corrected chi connectivity index (χ2v) is 8.71. The van der Waals surface area contributed by atoms with Crippen LogP contribution in [-0.2, 0) is 17.8 Å². The van der Waals surface area contributed by atoms with Gasteiger partial charge in [-0.2, -0.15) is 0 Å². The minimum atomic E-state index is -0.221. The van der Waals surface area contributed by atoms with Gasteiger partial charge in [0.2, 0.25) is 5.91 Å². The minimum absolute atomic E-state index is 0.00716. The maximum Gasteiger partial charge on any atom is 0.226 e. The summed E-state index contributed by atoms with van der Waals surface area (Å²) in [6.07, 6.45) is 1.29. The number of amides is 1. The molecule has 144 valence electrons. The first-order chi connectivity index (χ1) is 12.6. The molecule has 1 N–H and O–H groups in total. The van der Waals surface area contributed by atoms with E-state index < -0.39 is 0 Å². The van der Waals surface area contributed by atoms with Gasteiger partial charge in [-0.1, -0.05) is 32.9 Å². The Hall–Kier alpha value is -2.43. The normalized spacial score (nSPS) is 16.4. The maximum absolute atomic E-state index is 13.2. The van der Waals surface area contributed by atoms with Crippen LogP contribution in [0.4, 0.5) is 15.9 Å². The summed E-state index contributed by atoms with van der Waals surface area (Å²) in [5.74, 6) is 0.424. The van der Waals surface area contributed by atoms with Crippen molar-refractivity contribution in [3.8, 4) is 0 Å². The lowest BCUT2D eigenvalue weighted by atomic mass is 9.92. The van der Waals surface area contributed by atoms with Crippen LogP contribution in [0, 0.1) is 18.2 Å². The van der Waals surface area contributed by atoms with Gasteiger partial charge in [0.05, 0.1) is 11.4 Å². The second-order valence-electron chi connectivity index (χ2n) is 8.71. The highest BCUT2D eigenvalue weighted by molar-refractivity contribution is 5.91. The van der Waals surface area contributed by atoms with Gasteiger partial charge in [-0.3, -0.25) is 4.79 Å². The quantitative estimate of drug-likeness (QED) is 0.837. The zero-order valence-corrected chi connectivity index (χ0v) is 16.8. The Kier molecular flexibility index (Phi) is 5.22. The second kappa shape index (κ2) is 7.29. The van der Waals surface area contributed by atoms with Gasteiger partial charge in [-0.25, -0.2) is 9.37 Å². The van der Waals surface area contributed by atoms with E-state index in [-0.39, 0.29) is 17.1 Å². The zero-order chi connectivity index (χ0) is 19.8. The van der Waals surface area contributed by atoms with Gasteiger partial charge in [-0.05, 0) is 48.6 Å². The third-order valence-corrected chi connectivity index (χ3v) is 4.81. The molecule has 0 spiro atoms. The summed E-state index contributed by atoms with van der Waals surface area (Å²) < 4.78 is 13.2. The van der Waals surface area contributed by atoms with Crippen LogP contribution in [0.2, 0.25) is 0 Å². The number of fused-ring (bicyclic) bond motifs is 1. The fourth-order valence-corrected chi connectivity index (χ4v) is 3.48. The van der Waals surface area contributed by atoms with Crippen molar-refractivity contribution in [3.05, 3.63) is 53.0 Å². The number of nitrogens with zero attached hydrogens (tertiary/aromatic N) is 2. The van der Waals surface area contributed by atoms with Crippen LogP contribution in [0.1, 0.15) is 50.9 Å². The van der Waals surface area contributed by atoms with Gasteiger partial charge in [-0.15, -0.1) is 0 Å². The predicted molar refractivity (Wildman–Crippen MR) is 107 cm³/mol. The highest BCUT2D eigenvalue weighted by atomic mass is 19.1. The molecule has 1 amide bonds. The Labute approximate surface area is 160 Å². The van der Waals surface area contributed by atoms with E-state index in [0.717, 1.165) is 28.9 Å². The van der Waals surface area contributed by atoms with E-state index in [9.17, 15) is 9.18 Å². The van der Waals surface area contributed by atoms with E-state index in [4.69, 9.17) is 4.98 Å². The Bertz CT molecular complexity index is 840. The monoisotopic (exact) mass is 369 g/mol. The van der Waals surface area contributed by atoms with Crippen molar-refractivity contribution in [3.63, 3.8) is 0 Å². The van der Waals surface area contributed by atoms with Gasteiger partial charge in [0.25, 0.3) is 0 Å². The van der Waals surface area contributed by atoms with Crippen LogP contribution < -0.4 is 10.2 Å². The molecule has 1 aliphatic rings. The van der Waals surface area contributed by atoms with Gasteiger partial charge >= 0.3 is 0 Å². The first-order valence-electron chi connectivity index (χ1n) is 9.44. The van der Waals surface area contributed by atoms with Crippen LogP contribution in [0.3, 0.4) is 0 Å². The van der Waals surface area contributed by atoms with E-state index in [0.29, 0.717) is 24.8 Å². The van der Waals surface area contributed by atoms with Crippen LogP contribution in [0.15, 0.2) is 30.3 Å². The summed E-state index contributed by atoms with van der Waals surface area (Å²) in [7, 11) is 0. The van der Waals surface area contributed by atoms with Crippen molar-refractivity contribution in [2.75, 3.05) is 10.2 Å². The molecule has 3 rings (SSSR count). The number of carbonyl (C=O) groups is 1. The molecule has 2 heterocycles. The first-order valence-corrected chi connectivity index (χ1v) is 9.44. The molecule has 1 aromatic heterocycles. The third-order valence-electron chi connectivity index (χ3n) is 4.81. The average molecular weight is 369 g/mol. The number of hydrogen-bond donors (Lipinski definition) is 1. The van der Waals surface area contributed by atoms with Crippen molar-refractivity contribution in [1.29, 1.82) is 0 Å². The lowest BCUT2D eigenvalue weighted by Crippen LogP contribution is -2.28. The molecule has 4 nitrogen and oxygen atoms in total. The molecular formula is C22H28FN3O. The standard InChI is InChI=1S/C22H28FN3O/c1-14-10-19-18(24-21(14)25-20(27)12-22(3,4)5)11-15(2)26(19)13-16-6-8-17(23)9-7-16/h6-10,15H,11-13H2,1-5H3,(H,24,25,27). The number of anilines is 2. The summed E-state index contributed by atoms with van der Waals surface area (Å²) in [4.78, 5) is 19.3. The van der Waals surface area contributed by atoms with Crippen molar-refractivity contribution in [1.82, 2.24) is 4.98 Å². The van der Waals surface area contributed by atoms with Crippen molar-refractivity contribution < 1.29 is 9.18 Å². The molecule has 1 aromatic carbocycles. The highest BCUT2D eigenvalue weighted by Crippen LogP contribution is 2.35. The predicted octanol–water partition coefficient (Wildman–Crippen LogP) is 4.86. The molecule has 0 aliphatic carbocycles. The molecule has 5 heteroatoms. The van der Waals surface area contributed by atoms with Gasteiger partial charge < -0.3 is 10.2 Å². The fourth-order valence-electron chi connectivity index (χ4n) is 3.48.